The smallest absolute Gasteiger partial charge is 0.262 e. The van der Waals surface area contributed by atoms with E-state index in [1.165, 1.54) is 23.1 Å². The molecule has 0 aliphatic heterocycles. The number of amides is 1. The third-order valence-electron chi connectivity index (χ3n) is 4.46. The van der Waals surface area contributed by atoms with Crippen molar-refractivity contribution < 1.29 is 4.79 Å². The van der Waals surface area contributed by atoms with E-state index in [0.29, 0.717) is 44.2 Å². The number of thioether (sulfide) groups is 1. The Morgan fingerprint density at radius 2 is 2.03 bits per heavy atom. The minimum absolute atomic E-state index is 0.103. The van der Waals surface area contributed by atoms with Crippen molar-refractivity contribution in [1.82, 2.24) is 14.5 Å². The number of thiazole rings is 1. The number of fused-ring (bicyclic) bond motifs is 1. The molecule has 0 saturated carbocycles. The van der Waals surface area contributed by atoms with E-state index in [1.54, 1.807) is 46.5 Å². The van der Waals surface area contributed by atoms with E-state index in [4.69, 9.17) is 23.2 Å². The van der Waals surface area contributed by atoms with Crippen LogP contribution in [-0.4, -0.2) is 26.2 Å². The predicted molar refractivity (Wildman–Crippen MR) is 128 cm³/mol. The summed E-state index contributed by atoms with van der Waals surface area (Å²) < 4.78 is 1.59. The van der Waals surface area contributed by atoms with Gasteiger partial charge in [-0.3, -0.25) is 14.2 Å². The van der Waals surface area contributed by atoms with Crippen LogP contribution >= 0.6 is 46.3 Å². The molecule has 0 unspecified atom stereocenters. The van der Waals surface area contributed by atoms with E-state index in [-0.39, 0.29) is 17.2 Å². The number of anilines is 1. The number of halogens is 2. The first kappa shape index (κ1) is 21.8. The first-order chi connectivity index (χ1) is 15.0. The van der Waals surface area contributed by atoms with Crippen molar-refractivity contribution in [3.63, 3.8) is 0 Å². The molecule has 31 heavy (non-hydrogen) atoms. The van der Waals surface area contributed by atoms with Crippen LogP contribution in [0.3, 0.4) is 0 Å². The maximum absolute atomic E-state index is 13.2. The lowest BCUT2D eigenvalue weighted by Gasteiger charge is -2.13. The second-order valence-electron chi connectivity index (χ2n) is 6.53. The third-order valence-corrected chi connectivity index (χ3v) is 6.71. The molecule has 6 nitrogen and oxygen atoms in total. The van der Waals surface area contributed by atoms with E-state index in [1.807, 2.05) is 12.1 Å². The summed E-state index contributed by atoms with van der Waals surface area (Å²) in [6.45, 7) is 0.369. The van der Waals surface area contributed by atoms with Crippen LogP contribution in [-0.2, 0) is 17.8 Å². The number of benzene rings is 2. The summed E-state index contributed by atoms with van der Waals surface area (Å²) in [5.74, 6) is -0.110. The molecule has 4 rings (SSSR count). The summed E-state index contributed by atoms with van der Waals surface area (Å²) in [7, 11) is 0. The molecule has 0 saturated heterocycles. The zero-order valence-electron chi connectivity index (χ0n) is 16.0. The van der Waals surface area contributed by atoms with Crippen LogP contribution in [0.1, 0.15) is 5.56 Å². The standard InChI is InChI=1S/C21H16Cl2N4O2S2/c22-14-6-5-13(16(23)11-14)7-9-27-19(29)15-3-1-2-4-17(15)25-21(27)31-12-18(28)26-20-24-8-10-30-20/h1-6,8,10-11H,7,9,12H2,(H,24,26,28). The Kier molecular flexibility index (Phi) is 6.92. The summed E-state index contributed by atoms with van der Waals surface area (Å²) in [5, 5.41) is 7.16. The van der Waals surface area contributed by atoms with Gasteiger partial charge in [-0.15, -0.1) is 11.3 Å². The van der Waals surface area contributed by atoms with Gasteiger partial charge in [0, 0.05) is 28.2 Å². The maximum atomic E-state index is 13.2. The molecule has 0 aliphatic carbocycles. The molecule has 2 heterocycles. The largest absolute Gasteiger partial charge is 0.301 e. The lowest BCUT2D eigenvalue weighted by atomic mass is 10.1. The average Bonchev–Trinajstić information content (AvgIpc) is 3.26. The monoisotopic (exact) mass is 490 g/mol. The molecule has 2 aromatic heterocycles. The van der Waals surface area contributed by atoms with Crippen molar-refractivity contribution in [2.24, 2.45) is 0 Å². The van der Waals surface area contributed by atoms with Crippen molar-refractivity contribution in [2.75, 3.05) is 11.1 Å². The fraction of sp³-hybridized carbons (Fsp3) is 0.143. The molecule has 1 N–H and O–H groups in total. The van der Waals surface area contributed by atoms with Gasteiger partial charge in [0.25, 0.3) is 5.56 Å². The SMILES string of the molecule is O=C(CSc1nc2ccccc2c(=O)n1CCc1ccc(Cl)cc1Cl)Nc1nccs1. The van der Waals surface area contributed by atoms with Crippen LogP contribution < -0.4 is 10.9 Å². The Morgan fingerprint density at radius 3 is 2.81 bits per heavy atom. The van der Waals surface area contributed by atoms with Gasteiger partial charge in [-0.1, -0.05) is 53.2 Å². The number of aromatic nitrogens is 3. The number of rotatable bonds is 7. The molecule has 0 radical (unpaired) electrons. The average molecular weight is 491 g/mol. The third kappa shape index (κ3) is 5.27. The Labute approximate surface area is 196 Å². The summed E-state index contributed by atoms with van der Waals surface area (Å²) in [6, 6.07) is 12.5. The highest BCUT2D eigenvalue weighted by Crippen LogP contribution is 2.23. The van der Waals surface area contributed by atoms with Crippen molar-refractivity contribution in [2.45, 2.75) is 18.1 Å². The Hall–Kier alpha value is -2.39. The van der Waals surface area contributed by atoms with Crippen molar-refractivity contribution >= 4 is 68.2 Å². The number of carbonyl (C=O) groups is 1. The minimum Gasteiger partial charge on any atom is -0.301 e. The van der Waals surface area contributed by atoms with Crippen LogP contribution in [0.5, 0.6) is 0 Å². The molecule has 2 aromatic carbocycles. The molecule has 0 spiro atoms. The van der Waals surface area contributed by atoms with Gasteiger partial charge in [0.2, 0.25) is 5.91 Å². The highest BCUT2D eigenvalue weighted by molar-refractivity contribution is 7.99. The van der Waals surface area contributed by atoms with Crippen molar-refractivity contribution in [1.29, 1.82) is 0 Å². The Morgan fingerprint density at radius 1 is 1.19 bits per heavy atom. The lowest BCUT2D eigenvalue weighted by molar-refractivity contribution is -0.113. The van der Waals surface area contributed by atoms with Gasteiger partial charge >= 0.3 is 0 Å². The van der Waals surface area contributed by atoms with Crippen LogP contribution in [0, 0.1) is 0 Å². The molecule has 0 aliphatic rings. The fourth-order valence-corrected chi connectivity index (χ4v) is 4.86. The number of nitrogens with zero attached hydrogens (tertiary/aromatic N) is 3. The second kappa shape index (κ2) is 9.82. The Bertz CT molecular complexity index is 1290. The molecule has 4 aromatic rings. The number of nitrogens with one attached hydrogen (secondary N) is 1. The number of carbonyl (C=O) groups excluding carboxylic acids is 1. The molecular formula is C21H16Cl2N4O2S2. The van der Waals surface area contributed by atoms with Crippen molar-refractivity contribution in [3.8, 4) is 0 Å². The molecule has 0 atom stereocenters. The molecule has 10 heteroatoms. The van der Waals surface area contributed by atoms with Gasteiger partial charge in [0.1, 0.15) is 0 Å². The summed E-state index contributed by atoms with van der Waals surface area (Å²) in [4.78, 5) is 34.1. The van der Waals surface area contributed by atoms with E-state index in [9.17, 15) is 9.59 Å². The van der Waals surface area contributed by atoms with Gasteiger partial charge in [-0.05, 0) is 36.2 Å². The quantitative estimate of drug-likeness (QED) is 0.287. The number of para-hydroxylation sites is 1. The first-order valence-corrected chi connectivity index (χ1v) is 11.9. The number of hydrogen-bond acceptors (Lipinski definition) is 6. The maximum Gasteiger partial charge on any atom is 0.262 e. The predicted octanol–water partition coefficient (Wildman–Crippen LogP) is 5.13. The highest BCUT2D eigenvalue weighted by Gasteiger charge is 2.14. The van der Waals surface area contributed by atoms with Crippen LogP contribution in [0.4, 0.5) is 5.13 Å². The first-order valence-electron chi connectivity index (χ1n) is 9.27. The summed E-state index contributed by atoms with van der Waals surface area (Å²) >= 11 is 14.8. The van der Waals surface area contributed by atoms with Gasteiger partial charge in [-0.2, -0.15) is 0 Å². The van der Waals surface area contributed by atoms with E-state index >= 15 is 0 Å². The van der Waals surface area contributed by atoms with Crippen LogP contribution in [0.15, 0.2) is 64.0 Å². The molecule has 158 valence electrons. The summed E-state index contributed by atoms with van der Waals surface area (Å²) in [6.07, 6.45) is 2.15. The van der Waals surface area contributed by atoms with Crippen molar-refractivity contribution in [3.05, 3.63) is 80.0 Å². The molecular weight excluding hydrogens is 475 g/mol. The van der Waals surface area contributed by atoms with Gasteiger partial charge < -0.3 is 5.32 Å². The lowest BCUT2D eigenvalue weighted by Crippen LogP contribution is -2.25. The zero-order valence-corrected chi connectivity index (χ0v) is 19.2. The highest BCUT2D eigenvalue weighted by atomic mass is 35.5. The molecule has 0 fully saturated rings. The van der Waals surface area contributed by atoms with E-state index in [2.05, 4.69) is 15.3 Å². The fourth-order valence-electron chi connectivity index (χ4n) is 2.98. The van der Waals surface area contributed by atoms with Crippen LogP contribution in [0.2, 0.25) is 10.0 Å². The number of aryl methyl sites for hydroxylation is 1. The summed E-state index contributed by atoms with van der Waals surface area (Å²) in [5.41, 5.74) is 1.32. The second-order valence-corrected chi connectivity index (χ2v) is 9.21. The molecule has 1 amide bonds. The van der Waals surface area contributed by atoms with E-state index in [0.717, 1.165) is 5.56 Å². The topological polar surface area (TPSA) is 76.9 Å². The Balaban J connectivity index is 1.59. The van der Waals surface area contributed by atoms with Gasteiger partial charge in [0.15, 0.2) is 10.3 Å². The van der Waals surface area contributed by atoms with E-state index < -0.39 is 0 Å². The minimum atomic E-state index is -0.213. The van der Waals surface area contributed by atoms with Crippen LogP contribution in [0.25, 0.3) is 10.9 Å². The van der Waals surface area contributed by atoms with Gasteiger partial charge in [0.05, 0.1) is 16.7 Å². The number of hydrogen-bond donors (Lipinski definition) is 1. The zero-order chi connectivity index (χ0) is 21.8. The van der Waals surface area contributed by atoms with Gasteiger partial charge in [-0.25, -0.2) is 9.97 Å². The normalized spacial score (nSPS) is 11.0. The molecule has 0 bridgehead atoms.